The SMILES string of the molecule is CCNC(=NCCS(=O)(=O)N1CCSCC1)NC1CCN(C2CC2)CC1. The van der Waals surface area contributed by atoms with Crippen LogP contribution in [-0.4, -0.2) is 92.2 Å². The van der Waals surface area contributed by atoms with Crippen molar-refractivity contribution in [2.45, 2.75) is 44.7 Å². The Morgan fingerprint density at radius 2 is 1.81 bits per heavy atom. The molecule has 0 aromatic carbocycles. The Balaban J connectivity index is 1.45. The molecule has 3 fully saturated rings. The van der Waals surface area contributed by atoms with Crippen LogP contribution in [0.25, 0.3) is 0 Å². The molecule has 7 nitrogen and oxygen atoms in total. The standard InChI is InChI=1S/C17H33N5O2S2/c1-2-18-17(20-15-5-8-21(9-6-15)16-3-4-16)19-7-14-26(23,24)22-10-12-25-13-11-22/h15-16H,2-14H2,1H3,(H2,18,19,20). The summed E-state index contributed by atoms with van der Waals surface area (Å²) in [6.07, 6.45) is 4.99. The molecule has 0 spiro atoms. The lowest BCUT2D eigenvalue weighted by Crippen LogP contribution is -2.49. The van der Waals surface area contributed by atoms with E-state index < -0.39 is 10.0 Å². The second kappa shape index (κ2) is 9.61. The Hall–Kier alpha value is -0.510. The smallest absolute Gasteiger partial charge is 0.215 e. The van der Waals surface area contributed by atoms with Crippen molar-refractivity contribution in [2.24, 2.45) is 4.99 Å². The van der Waals surface area contributed by atoms with Crippen LogP contribution in [0, 0.1) is 0 Å². The van der Waals surface area contributed by atoms with Crippen LogP contribution in [0.3, 0.4) is 0 Å². The Morgan fingerprint density at radius 3 is 2.42 bits per heavy atom. The summed E-state index contributed by atoms with van der Waals surface area (Å²) in [5.41, 5.74) is 0. The Kier molecular flexibility index (Phi) is 7.48. The van der Waals surface area contributed by atoms with Gasteiger partial charge in [0, 0.05) is 56.3 Å². The van der Waals surface area contributed by atoms with Crippen LogP contribution < -0.4 is 10.6 Å². The predicted molar refractivity (Wildman–Crippen MR) is 109 cm³/mol. The van der Waals surface area contributed by atoms with Crippen molar-refractivity contribution in [3.63, 3.8) is 0 Å². The summed E-state index contributed by atoms with van der Waals surface area (Å²) in [6, 6.07) is 1.27. The van der Waals surface area contributed by atoms with Crippen molar-refractivity contribution >= 4 is 27.7 Å². The van der Waals surface area contributed by atoms with Crippen LogP contribution in [0.2, 0.25) is 0 Å². The molecule has 150 valence electrons. The molecule has 0 aromatic rings. The first-order chi connectivity index (χ1) is 12.6. The third kappa shape index (κ3) is 6.00. The van der Waals surface area contributed by atoms with Crippen LogP contribution >= 0.6 is 11.8 Å². The normalized spacial score (nSPS) is 24.6. The van der Waals surface area contributed by atoms with Crippen molar-refractivity contribution in [3.05, 3.63) is 0 Å². The number of likely N-dealkylation sites (tertiary alicyclic amines) is 1. The minimum atomic E-state index is -3.19. The molecule has 9 heteroatoms. The second-order valence-electron chi connectivity index (χ2n) is 7.27. The molecule has 1 saturated carbocycles. The number of piperidine rings is 1. The average Bonchev–Trinajstić information content (AvgIpc) is 3.48. The van der Waals surface area contributed by atoms with E-state index in [9.17, 15) is 8.42 Å². The molecule has 0 atom stereocenters. The zero-order chi connectivity index (χ0) is 18.4. The molecule has 3 rings (SSSR count). The number of nitrogens with zero attached hydrogens (tertiary/aromatic N) is 3. The number of thioether (sulfide) groups is 1. The molecule has 2 heterocycles. The molecule has 0 aromatic heterocycles. The topological polar surface area (TPSA) is 77.0 Å². The van der Waals surface area contributed by atoms with Crippen LogP contribution in [0.1, 0.15) is 32.6 Å². The fourth-order valence-electron chi connectivity index (χ4n) is 3.59. The van der Waals surface area contributed by atoms with Crippen molar-refractivity contribution in [2.75, 3.05) is 56.5 Å². The number of guanidine groups is 1. The Morgan fingerprint density at radius 1 is 1.12 bits per heavy atom. The Bertz CT molecular complexity index is 566. The molecule has 2 saturated heterocycles. The monoisotopic (exact) mass is 403 g/mol. The number of rotatable bonds is 7. The number of nitrogens with one attached hydrogen (secondary N) is 2. The first-order valence-electron chi connectivity index (χ1n) is 9.93. The van der Waals surface area contributed by atoms with E-state index in [0.29, 0.717) is 25.7 Å². The summed E-state index contributed by atoms with van der Waals surface area (Å²) in [4.78, 5) is 7.13. The summed E-state index contributed by atoms with van der Waals surface area (Å²) in [5, 5.41) is 6.76. The van der Waals surface area contributed by atoms with Gasteiger partial charge in [-0.3, -0.25) is 4.99 Å². The molecule has 2 aliphatic heterocycles. The fraction of sp³-hybridized carbons (Fsp3) is 0.941. The van der Waals surface area contributed by atoms with E-state index in [2.05, 4.69) is 20.5 Å². The minimum Gasteiger partial charge on any atom is -0.357 e. The fourth-order valence-corrected chi connectivity index (χ4v) is 6.04. The number of hydrogen-bond acceptors (Lipinski definition) is 5. The number of hydrogen-bond donors (Lipinski definition) is 2. The average molecular weight is 404 g/mol. The van der Waals surface area contributed by atoms with Crippen LogP contribution in [0.15, 0.2) is 4.99 Å². The summed E-state index contributed by atoms with van der Waals surface area (Å²) in [6.45, 7) is 6.70. The zero-order valence-corrected chi connectivity index (χ0v) is 17.5. The summed E-state index contributed by atoms with van der Waals surface area (Å²) >= 11 is 1.82. The molecular formula is C17H33N5O2S2. The quantitative estimate of drug-likeness (QED) is 0.477. The molecule has 0 unspecified atom stereocenters. The molecule has 26 heavy (non-hydrogen) atoms. The van der Waals surface area contributed by atoms with E-state index in [1.54, 1.807) is 4.31 Å². The van der Waals surface area contributed by atoms with Gasteiger partial charge >= 0.3 is 0 Å². The van der Waals surface area contributed by atoms with Crippen LogP contribution in [-0.2, 0) is 10.0 Å². The molecule has 2 N–H and O–H groups in total. The maximum atomic E-state index is 12.4. The van der Waals surface area contributed by atoms with Gasteiger partial charge < -0.3 is 15.5 Å². The lowest BCUT2D eigenvalue weighted by atomic mass is 10.1. The summed E-state index contributed by atoms with van der Waals surface area (Å²) in [7, 11) is -3.19. The molecule has 0 bridgehead atoms. The van der Waals surface area contributed by atoms with Gasteiger partial charge in [0.1, 0.15) is 0 Å². The molecule has 1 aliphatic carbocycles. The lowest BCUT2D eigenvalue weighted by molar-refractivity contribution is 0.197. The Labute approximate surface area is 162 Å². The lowest BCUT2D eigenvalue weighted by Gasteiger charge is -2.33. The van der Waals surface area contributed by atoms with Gasteiger partial charge in [0.2, 0.25) is 10.0 Å². The maximum Gasteiger partial charge on any atom is 0.215 e. The number of sulfonamides is 1. The van der Waals surface area contributed by atoms with E-state index >= 15 is 0 Å². The van der Waals surface area contributed by atoms with Crippen LogP contribution in [0.4, 0.5) is 0 Å². The van der Waals surface area contributed by atoms with Crippen molar-refractivity contribution < 1.29 is 8.42 Å². The predicted octanol–water partition coefficient (Wildman–Crippen LogP) is 0.547. The molecule has 3 aliphatic rings. The highest BCUT2D eigenvalue weighted by Crippen LogP contribution is 2.29. The van der Waals surface area contributed by atoms with E-state index in [1.807, 2.05) is 18.7 Å². The number of aliphatic imine (C=N–C) groups is 1. The van der Waals surface area contributed by atoms with Gasteiger partial charge in [-0.25, -0.2) is 12.7 Å². The maximum absolute atomic E-state index is 12.4. The minimum absolute atomic E-state index is 0.0916. The van der Waals surface area contributed by atoms with Gasteiger partial charge in [0.15, 0.2) is 5.96 Å². The van der Waals surface area contributed by atoms with Gasteiger partial charge in [-0.15, -0.1) is 0 Å². The highest BCUT2D eigenvalue weighted by Gasteiger charge is 2.32. The van der Waals surface area contributed by atoms with Crippen molar-refractivity contribution in [3.8, 4) is 0 Å². The van der Waals surface area contributed by atoms with E-state index in [-0.39, 0.29) is 5.75 Å². The van der Waals surface area contributed by atoms with Crippen molar-refractivity contribution in [1.29, 1.82) is 0 Å². The first kappa shape index (κ1) is 20.2. The van der Waals surface area contributed by atoms with Crippen LogP contribution in [0.5, 0.6) is 0 Å². The van der Waals surface area contributed by atoms with Gasteiger partial charge in [-0.2, -0.15) is 11.8 Å². The van der Waals surface area contributed by atoms with E-state index in [0.717, 1.165) is 56.0 Å². The molecular weight excluding hydrogens is 370 g/mol. The third-order valence-electron chi connectivity index (χ3n) is 5.26. The second-order valence-corrected chi connectivity index (χ2v) is 10.6. The van der Waals surface area contributed by atoms with E-state index in [1.165, 1.54) is 12.8 Å². The highest BCUT2D eigenvalue weighted by atomic mass is 32.2. The molecule has 0 amide bonds. The third-order valence-corrected chi connectivity index (χ3v) is 8.05. The summed E-state index contributed by atoms with van der Waals surface area (Å²) in [5.74, 6) is 2.63. The van der Waals surface area contributed by atoms with Crippen molar-refractivity contribution in [1.82, 2.24) is 19.8 Å². The zero-order valence-electron chi connectivity index (χ0n) is 15.8. The molecule has 0 radical (unpaired) electrons. The van der Waals surface area contributed by atoms with Gasteiger partial charge in [0.05, 0.1) is 12.3 Å². The summed E-state index contributed by atoms with van der Waals surface area (Å²) < 4.78 is 26.5. The van der Waals surface area contributed by atoms with Gasteiger partial charge in [-0.05, 0) is 32.6 Å². The first-order valence-corrected chi connectivity index (χ1v) is 12.7. The highest BCUT2D eigenvalue weighted by molar-refractivity contribution is 7.99. The van der Waals surface area contributed by atoms with Gasteiger partial charge in [0.25, 0.3) is 0 Å². The van der Waals surface area contributed by atoms with Gasteiger partial charge in [-0.1, -0.05) is 0 Å². The van der Waals surface area contributed by atoms with E-state index in [4.69, 9.17) is 0 Å². The largest absolute Gasteiger partial charge is 0.357 e.